The van der Waals surface area contributed by atoms with Crippen LogP contribution in [-0.2, 0) is 10.0 Å². The third-order valence-corrected chi connectivity index (χ3v) is 5.51. The Labute approximate surface area is 123 Å². The summed E-state index contributed by atoms with van der Waals surface area (Å²) in [6.07, 6.45) is 2.50. The Balaban J connectivity index is 2.32. The molecule has 7 heteroatoms. The molecule has 0 spiro atoms. The molecule has 0 bridgehead atoms. The van der Waals surface area contributed by atoms with E-state index in [1.165, 1.54) is 11.2 Å². The van der Waals surface area contributed by atoms with Gasteiger partial charge in [0.25, 0.3) is 0 Å². The fourth-order valence-corrected chi connectivity index (χ4v) is 4.05. The average Bonchev–Trinajstić information content (AvgIpc) is 3.23. The molecule has 1 N–H and O–H groups in total. The summed E-state index contributed by atoms with van der Waals surface area (Å²) in [5.74, 6) is -1.82. The van der Waals surface area contributed by atoms with Crippen LogP contribution < -0.4 is 0 Å². The highest BCUT2D eigenvalue weighted by Crippen LogP contribution is 2.33. The van der Waals surface area contributed by atoms with E-state index in [2.05, 4.69) is 0 Å². The van der Waals surface area contributed by atoms with Crippen LogP contribution in [0.5, 0.6) is 0 Å². The second-order valence-electron chi connectivity index (χ2n) is 5.31. The molecule has 4 nitrogen and oxygen atoms in total. The van der Waals surface area contributed by atoms with Crippen molar-refractivity contribution in [2.75, 3.05) is 13.2 Å². The zero-order valence-electron chi connectivity index (χ0n) is 11.8. The molecular weight excluding hydrogens is 300 g/mol. The number of hydrogen-bond donors (Lipinski definition) is 1. The van der Waals surface area contributed by atoms with Crippen molar-refractivity contribution in [2.45, 2.75) is 43.5 Å². The van der Waals surface area contributed by atoms with E-state index in [1.807, 2.05) is 0 Å². The topological polar surface area (TPSA) is 57.6 Å². The van der Waals surface area contributed by atoms with Crippen molar-refractivity contribution < 1.29 is 22.3 Å². The molecule has 0 unspecified atom stereocenters. The molecular formula is C14H19F2NO3S. The number of hydrogen-bond acceptors (Lipinski definition) is 3. The smallest absolute Gasteiger partial charge is 0.246 e. The summed E-state index contributed by atoms with van der Waals surface area (Å²) in [7, 11) is -3.98. The lowest BCUT2D eigenvalue weighted by Gasteiger charge is -2.22. The first-order chi connectivity index (χ1) is 9.87. The minimum absolute atomic E-state index is 0.0113. The molecule has 1 fully saturated rings. The fraction of sp³-hybridized carbons (Fsp3) is 0.571. The van der Waals surface area contributed by atoms with Crippen molar-refractivity contribution >= 4 is 10.0 Å². The van der Waals surface area contributed by atoms with Crippen LogP contribution in [0, 0.1) is 18.6 Å². The molecule has 21 heavy (non-hydrogen) atoms. The van der Waals surface area contributed by atoms with Crippen molar-refractivity contribution in [3.63, 3.8) is 0 Å². The number of aliphatic hydroxyl groups excluding tert-OH is 1. The van der Waals surface area contributed by atoms with E-state index < -0.39 is 26.6 Å². The monoisotopic (exact) mass is 319 g/mol. The first-order valence-corrected chi connectivity index (χ1v) is 8.40. The summed E-state index contributed by atoms with van der Waals surface area (Å²) < 4.78 is 53.6. The first-order valence-electron chi connectivity index (χ1n) is 6.96. The highest BCUT2D eigenvalue weighted by molar-refractivity contribution is 7.89. The lowest BCUT2D eigenvalue weighted by atomic mass is 10.2. The summed E-state index contributed by atoms with van der Waals surface area (Å²) in [4.78, 5) is -0.475. The van der Waals surface area contributed by atoms with Gasteiger partial charge >= 0.3 is 0 Å². The van der Waals surface area contributed by atoms with Crippen LogP contribution in [-0.4, -0.2) is 37.0 Å². The Morgan fingerprint density at radius 3 is 2.48 bits per heavy atom. The second-order valence-corrected chi connectivity index (χ2v) is 7.17. The first kappa shape index (κ1) is 16.3. The van der Waals surface area contributed by atoms with E-state index in [0.29, 0.717) is 18.9 Å². The maximum atomic E-state index is 13.9. The quantitative estimate of drug-likeness (QED) is 0.784. The molecule has 0 heterocycles. The molecule has 0 saturated heterocycles. The molecule has 1 saturated carbocycles. The Morgan fingerprint density at radius 1 is 1.24 bits per heavy atom. The van der Waals surface area contributed by atoms with Gasteiger partial charge in [-0.15, -0.1) is 0 Å². The maximum Gasteiger partial charge on any atom is 0.246 e. The minimum atomic E-state index is -3.98. The highest BCUT2D eigenvalue weighted by Gasteiger charge is 2.39. The number of aryl methyl sites for hydroxylation is 1. The van der Waals surface area contributed by atoms with Gasteiger partial charge < -0.3 is 5.11 Å². The van der Waals surface area contributed by atoms with Crippen molar-refractivity contribution in [2.24, 2.45) is 0 Å². The number of aliphatic hydroxyl groups is 1. The van der Waals surface area contributed by atoms with E-state index in [0.717, 1.165) is 18.9 Å². The molecule has 2 rings (SSSR count). The van der Waals surface area contributed by atoms with Gasteiger partial charge in [-0.3, -0.25) is 0 Å². The number of nitrogens with zero attached hydrogens (tertiary/aromatic N) is 1. The molecule has 1 aliphatic carbocycles. The van der Waals surface area contributed by atoms with Crippen LogP contribution in [0.25, 0.3) is 0 Å². The number of unbranched alkanes of at least 4 members (excludes halogenated alkanes) is 1. The van der Waals surface area contributed by atoms with Crippen molar-refractivity contribution in [1.29, 1.82) is 0 Å². The minimum Gasteiger partial charge on any atom is -0.396 e. The van der Waals surface area contributed by atoms with Gasteiger partial charge in [-0.25, -0.2) is 17.2 Å². The average molecular weight is 319 g/mol. The van der Waals surface area contributed by atoms with Crippen LogP contribution in [0.4, 0.5) is 8.78 Å². The predicted molar refractivity (Wildman–Crippen MR) is 74.3 cm³/mol. The maximum absolute atomic E-state index is 13.9. The highest BCUT2D eigenvalue weighted by atomic mass is 32.2. The van der Waals surface area contributed by atoms with Gasteiger partial charge in [-0.05, 0) is 44.2 Å². The lowest BCUT2D eigenvalue weighted by molar-refractivity contribution is 0.275. The number of halogens is 2. The molecule has 1 aliphatic rings. The lowest BCUT2D eigenvalue weighted by Crippen LogP contribution is -2.34. The largest absolute Gasteiger partial charge is 0.396 e. The summed E-state index contributed by atoms with van der Waals surface area (Å²) in [5, 5.41) is 8.79. The number of benzene rings is 1. The molecule has 1 aromatic carbocycles. The summed E-state index contributed by atoms with van der Waals surface area (Å²) >= 11 is 0. The Bertz CT molecular complexity index is 615. The van der Waals surface area contributed by atoms with Gasteiger partial charge in [-0.1, -0.05) is 0 Å². The zero-order chi connectivity index (χ0) is 15.6. The Kier molecular flexibility index (Phi) is 4.95. The third-order valence-electron chi connectivity index (χ3n) is 3.54. The Hall–Kier alpha value is -1.05. The van der Waals surface area contributed by atoms with Gasteiger partial charge in [-0.2, -0.15) is 4.31 Å². The van der Waals surface area contributed by atoms with Crippen molar-refractivity contribution in [3.05, 3.63) is 29.3 Å². The predicted octanol–water partition coefficient (Wildman–Crippen LogP) is 2.20. The van der Waals surface area contributed by atoms with Crippen molar-refractivity contribution in [1.82, 2.24) is 4.31 Å². The van der Waals surface area contributed by atoms with E-state index in [1.54, 1.807) is 0 Å². The van der Waals surface area contributed by atoms with Gasteiger partial charge in [0.05, 0.1) is 0 Å². The molecule has 1 aromatic rings. The second kappa shape index (κ2) is 6.37. The SMILES string of the molecule is Cc1cc(S(=O)(=O)N(CCCCO)C2CC2)c(F)cc1F. The number of sulfonamides is 1. The molecule has 0 aromatic heterocycles. The van der Waals surface area contributed by atoms with Gasteiger partial charge in [0.1, 0.15) is 16.5 Å². The van der Waals surface area contributed by atoms with Gasteiger partial charge in [0, 0.05) is 25.3 Å². The van der Waals surface area contributed by atoms with Gasteiger partial charge in [0.15, 0.2) is 0 Å². The van der Waals surface area contributed by atoms with Crippen LogP contribution in [0.15, 0.2) is 17.0 Å². The summed E-state index contributed by atoms with van der Waals surface area (Å²) in [6.45, 7) is 1.63. The van der Waals surface area contributed by atoms with Crippen LogP contribution in [0.3, 0.4) is 0 Å². The van der Waals surface area contributed by atoms with Crippen molar-refractivity contribution in [3.8, 4) is 0 Å². The van der Waals surface area contributed by atoms with Gasteiger partial charge in [0.2, 0.25) is 10.0 Å². The van der Waals surface area contributed by atoms with E-state index in [9.17, 15) is 17.2 Å². The van der Waals surface area contributed by atoms with E-state index in [-0.39, 0.29) is 24.8 Å². The summed E-state index contributed by atoms with van der Waals surface area (Å²) in [5.41, 5.74) is 0.0982. The number of rotatable bonds is 7. The Morgan fingerprint density at radius 2 is 1.90 bits per heavy atom. The molecule has 0 amide bonds. The zero-order valence-corrected chi connectivity index (χ0v) is 12.7. The molecule has 0 radical (unpaired) electrons. The van der Waals surface area contributed by atoms with Crippen LogP contribution in [0.1, 0.15) is 31.2 Å². The molecule has 0 atom stereocenters. The third kappa shape index (κ3) is 3.59. The fourth-order valence-electron chi connectivity index (χ4n) is 2.20. The van der Waals surface area contributed by atoms with Crippen LogP contribution >= 0.6 is 0 Å². The molecule has 0 aliphatic heterocycles. The van der Waals surface area contributed by atoms with Crippen LogP contribution in [0.2, 0.25) is 0 Å². The van der Waals surface area contributed by atoms with E-state index in [4.69, 9.17) is 5.11 Å². The summed E-state index contributed by atoms with van der Waals surface area (Å²) in [6, 6.07) is 1.54. The standard InChI is InChI=1S/C14H19F2NO3S/c1-10-8-14(13(16)9-12(10)15)21(19,20)17(11-4-5-11)6-2-3-7-18/h8-9,11,18H,2-7H2,1H3. The normalized spacial score (nSPS) is 15.7. The molecule has 118 valence electrons. The van der Waals surface area contributed by atoms with E-state index >= 15 is 0 Å².